The highest BCUT2D eigenvalue weighted by Crippen LogP contribution is 2.24. The summed E-state index contributed by atoms with van der Waals surface area (Å²) in [6.45, 7) is 5.60. The standard InChI is InChI=1S/C20H24N2O2/c1-20(2,13-15-14-21-17-8-4-3-7-16(15)17)22-11-12-24-19-10-6-5-9-18(19)23/h3-10,14,21-23H,11-13H2,1-2H3. The van der Waals surface area contributed by atoms with Crippen LogP contribution in [0.15, 0.2) is 54.7 Å². The van der Waals surface area contributed by atoms with Gasteiger partial charge < -0.3 is 20.1 Å². The summed E-state index contributed by atoms with van der Waals surface area (Å²) in [6.07, 6.45) is 3.01. The number of fused-ring (bicyclic) bond motifs is 1. The summed E-state index contributed by atoms with van der Waals surface area (Å²) in [6, 6.07) is 15.4. The lowest BCUT2D eigenvalue weighted by atomic mass is 9.94. The maximum absolute atomic E-state index is 9.69. The van der Waals surface area contributed by atoms with Crippen LogP contribution in [0.25, 0.3) is 10.9 Å². The van der Waals surface area contributed by atoms with Gasteiger partial charge in [0.1, 0.15) is 6.61 Å². The predicted molar refractivity (Wildman–Crippen MR) is 97.7 cm³/mol. The maximum atomic E-state index is 9.69. The van der Waals surface area contributed by atoms with Gasteiger partial charge in [-0.05, 0) is 44.0 Å². The average Bonchev–Trinajstić information content (AvgIpc) is 2.96. The number of para-hydroxylation sites is 3. The van der Waals surface area contributed by atoms with E-state index in [0.29, 0.717) is 18.9 Å². The largest absolute Gasteiger partial charge is 0.504 e. The van der Waals surface area contributed by atoms with Crippen molar-refractivity contribution in [1.29, 1.82) is 0 Å². The molecular formula is C20H24N2O2. The number of rotatable bonds is 7. The SMILES string of the molecule is CC(C)(Cc1c[nH]c2ccccc12)NCCOc1ccccc1O. The number of ether oxygens (including phenoxy) is 1. The van der Waals surface area contributed by atoms with E-state index in [2.05, 4.69) is 48.5 Å². The summed E-state index contributed by atoms with van der Waals surface area (Å²) in [7, 11) is 0. The van der Waals surface area contributed by atoms with E-state index in [1.807, 2.05) is 12.1 Å². The van der Waals surface area contributed by atoms with E-state index in [1.165, 1.54) is 16.5 Å². The molecule has 0 radical (unpaired) electrons. The molecule has 1 heterocycles. The van der Waals surface area contributed by atoms with Crippen molar-refractivity contribution in [2.24, 2.45) is 0 Å². The van der Waals surface area contributed by atoms with Gasteiger partial charge in [-0.15, -0.1) is 0 Å². The van der Waals surface area contributed by atoms with E-state index in [4.69, 9.17) is 4.74 Å². The van der Waals surface area contributed by atoms with Crippen molar-refractivity contribution in [3.8, 4) is 11.5 Å². The van der Waals surface area contributed by atoms with E-state index in [-0.39, 0.29) is 11.3 Å². The molecule has 0 saturated heterocycles. The fourth-order valence-electron chi connectivity index (χ4n) is 2.95. The second kappa shape index (κ2) is 6.97. The smallest absolute Gasteiger partial charge is 0.160 e. The van der Waals surface area contributed by atoms with E-state index < -0.39 is 0 Å². The second-order valence-electron chi connectivity index (χ2n) is 6.66. The number of nitrogens with one attached hydrogen (secondary N) is 2. The monoisotopic (exact) mass is 324 g/mol. The minimum absolute atomic E-state index is 0.0486. The van der Waals surface area contributed by atoms with Crippen LogP contribution in [0.1, 0.15) is 19.4 Å². The van der Waals surface area contributed by atoms with Crippen LogP contribution in [-0.4, -0.2) is 28.8 Å². The topological polar surface area (TPSA) is 57.3 Å². The molecule has 0 atom stereocenters. The Labute approximate surface area is 142 Å². The maximum Gasteiger partial charge on any atom is 0.160 e. The number of aromatic amines is 1. The number of hydrogen-bond donors (Lipinski definition) is 3. The quantitative estimate of drug-likeness (QED) is 0.578. The van der Waals surface area contributed by atoms with Crippen LogP contribution in [0.3, 0.4) is 0 Å². The van der Waals surface area contributed by atoms with E-state index in [9.17, 15) is 5.11 Å². The fraction of sp³-hybridized carbons (Fsp3) is 0.300. The summed E-state index contributed by atoms with van der Waals surface area (Å²) in [5.41, 5.74) is 2.43. The van der Waals surface area contributed by atoms with E-state index in [0.717, 1.165) is 6.42 Å². The van der Waals surface area contributed by atoms with Crippen LogP contribution in [0.2, 0.25) is 0 Å². The van der Waals surface area contributed by atoms with Gasteiger partial charge in [0.2, 0.25) is 0 Å². The Morgan fingerprint density at radius 3 is 2.67 bits per heavy atom. The van der Waals surface area contributed by atoms with Crippen molar-refractivity contribution in [3.05, 3.63) is 60.3 Å². The molecule has 1 aromatic heterocycles. The normalized spacial score (nSPS) is 11.8. The number of aromatic nitrogens is 1. The van der Waals surface area contributed by atoms with Crippen LogP contribution >= 0.6 is 0 Å². The van der Waals surface area contributed by atoms with Gasteiger partial charge in [0.15, 0.2) is 11.5 Å². The Morgan fingerprint density at radius 2 is 1.83 bits per heavy atom. The molecule has 3 aromatic rings. The van der Waals surface area contributed by atoms with Gasteiger partial charge in [0, 0.05) is 29.2 Å². The first-order valence-electron chi connectivity index (χ1n) is 8.26. The van der Waals surface area contributed by atoms with Gasteiger partial charge >= 0.3 is 0 Å². The van der Waals surface area contributed by atoms with Gasteiger partial charge in [-0.25, -0.2) is 0 Å². The van der Waals surface area contributed by atoms with Gasteiger partial charge in [-0.2, -0.15) is 0 Å². The van der Waals surface area contributed by atoms with Crippen LogP contribution in [0.5, 0.6) is 11.5 Å². The van der Waals surface area contributed by atoms with Gasteiger partial charge in [-0.1, -0.05) is 30.3 Å². The average molecular weight is 324 g/mol. The van der Waals surface area contributed by atoms with Crippen molar-refractivity contribution in [3.63, 3.8) is 0 Å². The second-order valence-corrected chi connectivity index (χ2v) is 6.66. The summed E-state index contributed by atoms with van der Waals surface area (Å²) in [4.78, 5) is 3.33. The summed E-state index contributed by atoms with van der Waals surface area (Å²) < 4.78 is 5.62. The van der Waals surface area contributed by atoms with Crippen LogP contribution < -0.4 is 10.1 Å². The number of aromatic hydroxyl groups is 1. The Hall–Kier alpha value is -2.46. The molecule has 24 heavy (non-hydrogen) atoms. The molecule has 4 nitrogen and oxygen atoms in total. The predicted octanol–water partition coefficient (Wildman–Crippen LogP) is 3.86. The molecule has 0 unspecified atom stereocenters. The molecule has 3 N–H and O–H groups in total. The number of hydrogen-bond acceptors (Lipinski definition) is 3. The van der Waals surface area contributed by atoms with Crippen LogP contribution in [0.4, 0.5) is 0 Å². The molecule has 0 amide bonds. The van der Waals surface area contributed by atoms with Crippen molar-refractivity contribution in [1.82, 2.24) is 10.3 Å². The highest BCUT2D eigenvalue weighted by Gasteiger charge is 2.19. The zero-order valence-electron chi connectivity index (χ0n) is 14.2. The highest BCUT2D eigenvalue weighted by atomic mass is 16.5. The molecule has 0 saturated carbocycles. The Kier molecular flexibility index (Phi) is 4.76. The first kappa shape index (κ1) is 16.4. The molecule has 0 spiro atoms. The zero-order chi connectivity index (χ0) is 17.0. The Bertz CT molecular complexity index is 808. The lowest BCUT2D eigenvalue weighted by Crippen LogP contribution is -2.43. The number of H-pyrrole nitrogens is 1. The lowest BCUT2D eigenvalue weighted by molar-refractivity contribution is 0.273. The molecule has 0 aliphatic heterocycles. The molecule has 0 aliphatic carbocycles. The summed E-state index contributed by atoms with van der Waals surface area (Å²) in [5.74, 6) is 0.698. The number of benzene rings is 2. The van der Waals surface area contributed by atoms with E-state index >= 15 is 0 Å². The van der Waals surface area contributed by atoms with Crippen LogP contribution in [0, 0.1) is 0 Å². The minimum Gasteiger partial charge on any atom is -0.504 e. The molecular weight excluding hydrogens is 300 g/mol. The van der Waals surface area contributed by atoms with E-state index in [1.54, 1.807) is 18.2 Å². The molecule has 126 valence electrons. The van der Waals surface area contributed by atoms with Crippen molar-refractivity contribution in [2.45, 2.75) is 25.8 Å². The zero-order valence-corrected chi connectivity index (χ0v) is 14.2. The summed E-state index contributed by atoms with van der Waals surface area (Å²) >= 11 is 0. The third-order valence-corrected chi connectivity index (χ3v) is 4.14. The molecule has 2 aromatic carbocycles. The first-order valence-corrected chi connectivity index (χ1v) is 8.26. The third-order valence-electron chi connectivity index (χ3n) is 4.14. The van der Waals surface area contributed by atoms with Crippen molar-refractivity contribution in [2.75, 3.05) is 13.2 Å². The fourth-order valence-corrected chi connectivity index (χ4v) is 2.95. The molecule has 3 rings (SSSR count). The number of phenolic OH excluding ortho intramolecular Hbond substituents is 1. The third kappa shape index (κ3) is 3.89. The Balaban J connectivity index is 1.53. The van der Waals surface area contributed by atoms with Gasteiger partial charge in [0.25, 0.3) is 0 Å². The minimum atomic E-state index is -0.0486. The van der Waals surface area contributed by atoms with Crippen molar-refractivity contribution >= 4 is 10.9 Å². The molecule has 0 bridgehead atoms. The lowest BCUT2D eigenvalue weighted by Gasteiger charge is -2.26. The first-order chi connectivity index (χ1) is 11.6. The molecule has 0 aliphatic rings. The molecule has 4 heteroatoms. The van der Waals surface area contributed by atoms with Gasteiger partial charge in [-0.3, -0.25) is 0 Å². The summed E-state index contributed by atoms with van der Waals surface area (Å²) in [5, 5.41) is 14.5. The highest BCUT2D eigenvalue weighted by molar-refractivity contribution is 5.83. The molecule has 0 fully saturated rings. The van der Waals surface area contributed by atoms with Crippen molar-refractivity contribution < 1.29 is 9.84 Å². The Morgan fingerprint density at radius 1 is 1.08 bits per heavy atom. The number of phenols is 1. The van der Waals surface area contributed by atoms with Gasteiger partial charge in [0.05, 0.1) is 0 Å². The van der Waals surface area contributed by atoms with Crippen LogP contribution in [-0.2, 0) is 6.42 Å².